The average Bonchev–Trinajstić information content (AvgIpc) is 3.03. The lowest BCUT2D eigenvalue weighted by Crippen LogP contribution is -2.12. The van der Waals surface area contributed by atoms with Gasteiger partial charge in [-0.25, -0.2) is 8.42 Å². The number of anilines is 1. The number of aromatic nitrogens is 1. The Morgan fingerprint density at radius 1 is 1.00 bits per heavy atom. The number of hydrogen-bond donors (Lipinski definition) is 3. The van der Waals surface area contributed by atoms with Gasteiger partial charge in [0, 0.05) is 41.3 Å². The lowest BCUT2D eigenvalue weighted by Gasteiger charge is -2.08. The molecule has 0 spiro atoms. The van der Waals surface area contributed by atoms with Crippen LogP contribution < -0.4 is 10.5 Å². The number of nitrogen functional groups attached to an aromatic ring is 1. The molecule has 0 saturated carbocycles. The molecule has 0 saturated heterocycles. The van der Waals surface area contributed by atoms with Crippen molar-refractivity contribution in [3.05, 3.63) is 95.7 Å². The predicted molar refractivity (Wildman–Crippen MR) is 128 cm³/mol. The number of rotatable bonds is 6. The molecular weight excluding hydrogens is 432 g/mol. The number of fused-ring (bicyclic) bond motifs is 1. The fraction of sp³-hybridized carbons (Fsp3) is 0.0870. The summed E-state index contributed by atoms with van der Waals surface area (Å²) in [5.74, 6) is 0.0524. The Kier molecular flexibility index (Phi) is 6.38. The van der Waals surface area contributed by atoms with Gasteiger partial charge in [0.25, 0.3) is 10.0 Å². The monoisotopic (exact) mass is 454 g/mol. The van der Waals surface area contributed by atoms with Gasteiger partial charge in [0.2, 0.25) is 0 Å². The number of halogens is 1. The third kappa shape index (κ3) is 4.73. The predicted octanol–water partition coefficient (Wildman–Crippen LogP) is 4.28. The largest absolute Gasteiger partial charge is 0.384 e. The molecule has 1 heterocycles. The Labute approximate surface area is 187 Å². The van der Waals surface area contributed by atoms with Crippen molar-refractivity contribution in [1.29, 1.82) is 5.41 Å². The number of amidine groups is 1. The topological polar surface area (TPSA) is 101 Å². The highest BCUT2D eigenvalue weighted by atomic mass is 35.5. The van der Waals surface area contributed by atoms with E-state index in [9.17, 15) is 8.42 Å². The van der Waals surface area contributed by atoms with Crippen molar-refractivity contribution in [1.82, 2.24) is 4.57 Å². The SMILES string of the molecule is Cl.Cn1c(Cc2ccc(C(=N)N)cc2)cc2cc(NS(=O)(=O)c3ccccc3)ccc21. The summed E-state index contributed by atoms with van der Waals surface area (Å²) < 4.78 is 29.9. The van der Waals surface area contributed by atoms with E-state index >= 15 is 0 Å². The minimum Gasteiger partial charge on any atom is -0.384 e. The number of sulfonamides is 1. The van der Waals surface area contributed by atoms with Gasteiger partial charge in [-0.3, -0.25) is 10.1 Å². The molecule has 4 aromatic rings. The van der Waals surface area contributed by atoms with Crippen molar-refractivity contribution >= 4 is 44.9 Å². The van der Waals surface area contributed by atoms with Gasteiger partial charge >= 0.3 is 0 Å². The maximum Gasteiger partial charge on any atom is 0.261 e. The maximum atomic E-state index is 12.6. The molecule has 4 N–H and O–H groups in total. The molecule has 4 rings (SSSR count). The maximum absolute atomic E-state index is 12.6. The van der Waals surface area contributed by atoms with E-state index in [4.69, 9.17) is 11.1 Å². The molecule has 8 heteroatoms. The zero-order valence-electron chi connectivity index (χ0n) is 16.9. The zero-order valence-corrected chi connectivity index (χ0v) is 18.5. The fourth-order valence-electron chi connectivity index (χ4n) is 3.46. The van der Waals surface area contributed by atoms with Crippen LogP contribution in [0.5, 0.6) is 0 Å². The van der Waals surface area contributed by atoms with E-state index in [1.165, 1.54) is 0 Å². The lowest BCUT2D eigenvalue weighted by atomic mass is 10.1. The molecule has 0 bridgehead atoms. The summed E-state index contributed by atoms with van der Waals surface area (Å²) in [5.41, 5.74) is 9.97. The molecule has 0 aliphatic carbocycles. The van der Waals surface area contributed by atoms with Crippen molar-refractivity contribution in [2.24, 2.45) is 12.8 Å². The molecule has 3 aromatic carbocycles. The first-order chi connectivity index (χ1) is 14.3. The minimum atomic E-state index is -3.63. The summed E-state index contributed by atoms with van der Waals surface area (Å²) in [6.45, 7) is 0. The van der Waals surface area contributed by atoms with Crippen LogP contribution in [0.15, 0.2) is 83.8 Å². The molecule has 0 atom stereocenters. The molecule has 0 aliphatic rings. The number of nitrogens with zero attached hydrogens (tertiary/aromatic N) is 1. The molecule has 0 unspecified atom stereocenters. The molecule has 0 radical (unpaired) electrons. The zero-order chi connectivity index (χ0) is 21.3. The van der Waals surface area contributed by atoms with E-state index in [1.807, 2.05) is 43.4 Å². The lowest BCUT2D eigenvalue weighted by molar-refractivity contribution is 0.601. The third-order valence-corrected chi connectivity index (χ3v) is 6.49. The molecule has 0 aliphatic heterocycles. The second-order valence-electron chi connectivity index (χ2n) is 7.17. The Morgan fingerprint density at radius 2 is 1.68 bits per heavy atom. The van der Waals surface area contributed by atoms with Crippen molar-refractivity contribution in [2.45, 2.75) is 11.3 Å². The molecule has 1 aromatic heterocycles. The van der Waals surface area contributed by atoms with Crippen molar-refractivity contribution in [3.63, 3.8) is 0 Å². The average molecular weight is 455 g/mol. The highest BCUT2D eigenvalue weighted by Gasteiger charge is 2.14. The smallest absolute Gasteiger partial charge is 0.261 e. The first-order valence-corrected chi connectivity index (χ1v) is 10.9. The van der Waals surface area contributed by atoms with E-state index in [2.05, 4.69) is 15.4 Å². The highest BCUT2D eigenvalue weighted by Crippen LogP contribution is 2.26. The molecule has 6 nitrogen and oxygen atoms in total. The Hall–Kier alpha value is -3.29. The summed E-state index contributed by atoms with van der Waals surface area (Å²) in [7, 11) is -1.63. The van der Waals surface area contributed by atoms with E-state index in [-0.39, 0.29) is 23.1 Å². The van der Waals surface area contributed by atoms with E-state index in [0.717, 1.165) is 22.2 Å². The number of nitrogens with one attached hydrogen (secondary N) is 2. The minimum absolute atomic E-state index is 0. The van der Waals surface area contributed by atoms with Crippen molar-refractivity contribution < 1.29 is 8.42 Å². The molecule has 0 amide bonds. The van der Waals surface area contributed by atoms with Gasteiger partial charge in [0.05, 0.1) is 4.90 Å². The van der Waals surface area contributed by atoms with Crippen LogP contribution in [0.1, 0.15) is 16.8 Å². The molecule has 0 fully saturated rings. The van der Waals surface area contributed by atoms with Gasteiger partial charge in [0.1, 0.15) is 5.84 Å². The summed E-state index contributed by atoms with van der Waals surface area (Å²) >= 11 is 0. The normalized spacial score (nSPS) is 11.1. The van der Waals surface area contributed by atoms with Crippen LogP contribution in [-0.2, 0) is 23.5 Å². The Bertz CT molecular complexity index is 1330. The second kappa shape index (κ2) is 8.83. The standard InChI is InChI=1S/C23H22N4O2S.ClH/c1-27-20(13-16-7-9-17(10-8-16)23(24)25)15-18-14-19(11-12-22(18)27)26-30(28,29)21-5-3-2-4-6-21;/h2-12,14-15,26H,13H2,1H3,(H3,24,25);1H. The van der Waals surface area contributed by atoms with Gasteiger partial charge in [0.15, 0.2) is 0 Å². The second-order valence-corrected chi connectivity index (χ2v) is 8.86. The fourth-order valence-corrected chi connectivity index (χ4v) is 4.54. The van der Waals surface area contributed by atoms with Gasteiger partial charge in [-0.2, -0.15) is 0 Å². The van der Waals surface area contributed by atoms with Gasteiger partial charge in [-0.05, 0) is 42.0 Å². The van der Waals surface area contributed by atoms with Crippen LogP contribution >= 0.6 is 12.4 Å². The Balaban J connectivity index is 0.00000272. The van der Waals surface area contributed by atoms with E-state index in [0.29, 0.717) is 17.7 Å². The number of hydrogen-bond acceptors (Lipinski definition) is 3. The summed E-state index contributed by atoms with van der Waals surface area (Å²) in [4.78, 5) is 0.229. The van der Waals surface area contributed by atoms with E-state index in [1.54, 1.807) is 36.4 Å². The first kappa shape index (κ1) is 22.4. The van der Waals surface area contributed by atoms with Crippen molar-refractivity contribution in [3.8, 4) is 0 Å². The highest BCUT2D eigenvalue weighted by molar-refractivity contribution is 7.92. The van der Waals surface area contributed by atoms with Crippen molar-refractivity contribution in [2.75, 3.05) is 4.72 Å². The molecule has 160 valence electrons. The van der Waals surface area contributed by atoms with Crippen LogP contribution in [0.4, 0.5) is 5.69 Å². The van der Waals surface area contributed by atoms with Crippen LogP contribution in [0.25, 0.3) is 10.9 Å². The van der Waals surface area contributed by atoms with Gasteiger partial charge < -0.3 is 10.3 Å². The third-order valence-electron chi connectivity index (χ3n) is 5.10. The number of nitrogens with two attached hydrogens (primary N) is 1. The Morgan fingerprint density at radius 3 is 2.32 bits per heavy atom. The van der Waals surface area contributed by atoms with Crippen LogP contribution in [0.2, 0.25) is 0 Å². The summed E-state index contributed by atoms with van der Waals surface area (Å²) in [5, 5.41) is 8.46. The quantitative estimate of drug-likeness (QED) is 0.299. The number of aryl methyl sites for hydroxylation is 1. The molecular formula is C23H23ClN4O2S. The van der Waals surface area contributed by atoms with Crippen LogP contribution in [-0.4, -0.2) is 18.8 Å². The summed E-state index contributed by atoms with van der Waals surface area (Å²) in [6, 6.07) is 23.5. The van der Waals surface area contributed by atoms with Crippen LogP contribution in [0, 0.1) is 5.41 Å². The first-order valence-electron chi connectivity index (χ1n) is 9.43. The van der Waals surface area contributed by atoms with Gasteiger partial charge in [-0.15, -0.1) is 12.4 Å². The summed E-state index contributed by atoms with van der Waals surface area (Å²) in [6.07, 6.45) is 0.717. The molecule has 31 heavy (non-hydrogen) atoms. The van der Waals surface area contributed by atoms with Gasteiger partial charge in [-0.1, -0.05) is 42.5 Å². The number of benzene rings is 3. The van der Waals surface area contributed by atoms with Crippen LogP contribution in [0.3, 0.4) is 0 Å². The van der Waals surface area contributed by atoms with E-state index < -0.39 is 10.0 Å².